The summed E-state index contributed by atoms with van der Waals surface area (Å²) in [6.07, 6.45) is 0. The van der Waals surface area contributed by atoms with Crippen LogP contribution in [0.1, 0.15) is 29.7 Å². The Hall–Kier alpha value is -2.07. The fourth-order valence-corrected chi connectivity index (χ4v) is 2.47. The molecule has 116 valence electrons. The molecule has 1 atom stereocenters. The fourth-order valence-electron chi connectivity index (χ4n) is 2.18. The normalized spacial score (nSPS) is 11.6. The zero-order valence-electron chi connectivity index (χ0n) is 13.4. The van der Waals surface area contributed by atoms with Crippen molar-refractivity contribution in [2.75, 3.05) is 12.4 Å². The number of anilines is 1. The summed E-state index contributed by atoms with van der Waals surface area (Å²) >= 11 is 5.40. The van der Waals surface area contributed by atoms with Gasteiger partial charge in [-0.1, -0.05) is 18.2 Å². The Bertz CT molecular complexity index is 670. The molecule has 1 unspecified atom stereocenters. The number of benzene rings is 2. The first-order valence-electron chi connectivity index (χ1n) is 7.28. The molecule has 0 aliphatic heterocycles. The number of rotatable bonds is 4. The van der Waals surface area contributed by atoms with Crippen LogP contribution in [0.15, 0.2) is 42.5 Å². The maximum absolute atomic E-state index is 5.40. The van der Waals surface area contributed by atoms with E-state index in [9.17, 15) is 0 Å². The lowest BCUT2D eigenvalue weighted by Gasteiger charge is -2.18. The molecule has 2 N–H and O–H groups in total. The quantitative estimate of drug-likeness (QED) is 0.822. The van der Waals surface area contributed by atoms with Gasteiger partial charge in [0.05, 0.1) is 13.2 Å². The summed E-state index contributed by atoms with van der Waals surface area (Å²) in [5, 5.41) is 7.13. The molecule has 0 spiro atoms. The highest BCUT2D eigenvalue weighted by molar-refractivity contribution is 7.80. The molecular weight excluding hydrogens is 292 g/mol. The van der Waals surface area contributed by atoms with Gasteiger partial charge in [0.15, 0.2) is 5.11 Å². The Labute approximate surface area is 137 Å². The molecule has 22 heavy (non-hydrogen) atoms. The second-order valence-electron chi connectivity index (χ2n) is 5.40. The van der Waals surface area contributed by atoms with Crippen LogP contribution >= 0.6 is 12.2 Å². The number of ether oxygens (including phenoxy) is 1. The van der Waals surface area contributed by atoms with E-state index in [1.807, 2.05) is 24.3 Å². The molecule has 0 heterocycles. The number of aryl methyl sites for hydroxylation is 2. The monoisotopic (exact) mass is 314 g/mol. The fraction of sp³-hybridized carbons (Fsp3) is 0.278. The van der Waals surface area contributed by atoms with Crippen molar-refractivity contribution >= 4 is 23.0 Å². The van der Waals surface area contributed by atoms with E-state index in [0.717, 1.165) is 17.0 Å². The van der Waals surface area contributed by atoms with Crippen LogP contribution in [0.3, 0.4) is 0 Å². The van der Waals surface area contributed by atoms with E-state index in [2.05, 4.69) is 49.6 Å². The summed E-state index contributed by atoms with van der Waals surface area (Å²) in [6, 6.07) is 14.3. The van der Waals surface area contributed by atoms with Crippen LogP contribution in [-0.4, -0.2) is 12.2 Å². The number of methoxy groups -OCH3 is 1. The first kappa shape index (κ1) is 16.3. The maximum Gasteiger partial charge on any atom is 0.171 e. The van der Waals surface area contributed by atoms with Crippen molar-refractivity contribution in [3.63, 3.8) is 0 Å². The zero-order valence-corrected chi connectivity index (χ0v) is 14.3. The van der Waals surface area contributed by atoms with E-state index < -0.39 is 0 Å². The van der Waals surface area contributed by atoms with Gasteiger partial charge >= 0.3 is 0 Å². The van der Waals surface area contributed by atoms with Crippen LogP contribution in [0.25, 0.3) is 0 Å². The van der Waals surface area contributed by atoms with Crippen LogP contribution in [0.2, 0.25) is 0 Å². The maximum atomic E-state index is 5.40. The van der Waals surface area contributed by atoms with Crippen molar-refractivity contribution in [2.45, 2.75) is 26.8 Å². The molecule has 0 saturated carbocycles. The van der Waals surface area contributed by atoms with E-state index in [4.69, 9.17) is 17.0 Å². The summed E-state index contributed by atoms with van der Waals surface area (Å²) in [5.41, 5.74) is 4.64. The van der Waals surface area contributed by atoms with E-state index in [1.165, 1.54) is 11.1 Å². The molecule has 2 aromatic carbocycles. The molecule has 0 fully saturated rings. The van der Waals surface area contributed by atoms with Crippen molar-refractivity contribution < 1.29 is 4.74 Å². The minimum atomic E-state index is 0.0987. The van der Waals surface area contributed by atoms with Gasteiger partial charge in [0, 0.05) is 5.69 Å². The first-order chi connectivity index (χ1) is 10.5. The largest absolute Gasteiger partial charge is 0.497 e. The minimum Gasteiger partial charge on any atom is -0.497 e. The standard InChI is InChI=1S/C18H22N2OS/c1-12-8-9-16(10-13(12)2)20-18(22)19-14(3)15-6-5-7-17(11-15)21-4/h5-11,14H,1-4H3,(H2,19,20,22). The third-order valence-electron chi connectivity index (χ3n) is 3.71. The van der Waals surface area contributed by atoms with Crippen molar-refractivity contribution in [1.82, 2.24) is 5.32 Å². The van der Waals surface area contributed by atoms with Crippen molar-refractivity contribution in [2.24, 2.45) is 0 Å². The van der Waals surface area contributed by atoms with Gasteiger partial charge in [-0.2, -0.15) is 0 Å². The average Bonchev–Trinajstić information content (AvgIpc) is 2.51. The van der Waals surface area contributed by atoms with Gasteiger partial charge in [-0.25, -0.2) is 0 Å². The summed E-state index contributed by atoms with van der Waals surface area (Å²) in [7, 11) is 1.67. The highest BCUT2D eigenvalue weighted by atomic mass is 32.1. The van der Waals surface area contributed by atoms with Gasteiger partial charge in [-0.05, 0) is 73.9 Å². The van der Waals surface area contributed by atoms with Crippen LogP contribution in [-0.2, 0) is 0 Å². The summed E-state index contributed by atoms with van der Waals surface area (Å²) in [5.74, 6) is 0.846. The van der Waals surface area contributed by atoms with E-state index in [1.54, 1.807) is 7.11 Å². The number of nitrogens with one attached hydrogen (secondary N) is 2. The lowest BCUT2D eigenvalue weighted by Crippen LogP contribution is -2.30. The third kappa shape index (κ3) is 4.21. The third-order valence-corrected chi connectivity index (χ3v) is 3.93. The van der Waals surface area contributed by atoms with Crippen molar-refractivity contribution in [3.8, 4) is 5.75 Å². The molecular formula is C18H22N2OS. The van der Waals surface area contributed by atoms with Gasteiger partial charge < -0.3 is 15.4 Å². The summed E-state index contributed by atoms with van der Waals surface area (Å²) in [4.78, 5) is 0. The smallest absolute Gasteiger partial charge is 0.171 e. The molecule has 0 aromatic heterocycles. The van der Waals surface area contributed by atoms with Crippen molar-refractivity contribution in [3.05, 3.63) is 59.2 Å². The van der Waals surface area contributed by atoms with E-state index in [0.29, 0.717) is 5.11 Å². The average molecular weight is 314 g/mol. The second kappa shape index (κ2) is 7.27. The Balaban J connectivity index is 2.00. The van der Waals surface area contributed by atoms with E-state index >= 15 is 0 Å². The van der Waals surface area contributed by atoms with Gasteiger partial charge in [0.1, 0.15) is 5.75 Å². The summed E-state index contributed by atoms with van der Waals surface area (Å²) < 4.78 is 5.25. The lowest BCUT2D eigenvalue weighted by molar-refractivity contribution is 0.413. The molecule has 2 rings (SSSR count). The van der Waals surface area contributed by atoms with Gasteiger partial charge in [0.25, 0.3) is 0 Å². The predicted octanol–water partition coefficient (Wildman–Crippen LogP) is 4.36. The van der Waals surface area contributed by atoms with Crippen LogP contribution < -0.4 is 15.4 Å². The Morgan fingerprint density at radius 1 is 1.09 bits per heavy atom. The Morgan fingerprint density at radius 3 is 2.55 bits per heavy atom. The highest BCUT2D eigenvalue weighted by Crippen LogP contribution is 2.19. The second-order valence-corrected chi connectivity index (χ2v) is 5.80. The van der Waals surface area contributed by atoms with Crippen LogP contribution in [0.4, 0.5) is 5.69 Å². The van der Waals surface area contributed by atoms with Crippen LogP contribution in [0, 0.1) is 13.8 Å². The zero-order chi connectivity index (χ0) is 16.1. The highest BCUT2D eigenvalue weighted by Gasteiger charge is 2.08. The van der Waals surface area contributed by atoms with Gasteiger partial charge in [-0.3, -0.25) is 0 Å². The predicted molar refractivity (Wildman–Crippen MR) is 96.7 cm³/mol. The molecule has 0 bridgehead atoms. The molecule has 4 heteroatoms. The number of hydrogen-bond acceptors (Lipinski definition) is 2. The topological polar surface area (TPSA) is 33.3 Å². The van der Waals surface area contributed by atoms with Crippen molar-refractivity contribution in [1.29, 1.82) is 0 Å². The molecule has 0 radical (unpaired) electrons. The number of hydrogen-bond donors (Lipinski definition) is 2. The number of thiocarbonyl (C=S) groups is 1. The molecule has 0 aliphatic rings. The molecule has 0 saturated heterocycles. The van der Waals surface area contributed by atoms with Gasteiger partial charge in [0.2, 0.25) is 0 Å². The van der Waals surface area contributed by atoms with Crippen LogP contribution in [0.5, 0.6) is 5.75 Å². The lowest BCUT2D eigenvalue weighted by atomic mass is 10.1. The Kier molecular flexibility index (Phi) is 5.39. The van der Waals surface area contributed by atoms with E-state index in [-0.39, 0.29) is 6.04 Å². The molecule has 0 amide bonds. The minimum absolute atomic E-state index is 0.0987. The molecule has 3 nitrogen and oxygen atoms in total. The molecule has 0 aliphatic carbocycles. The summed E-state index contributed by atoms with van der Waals surface area (Å²) in [6.45, 7) is 6.26. The first-order valence-corrected chi connectivity index (χ1v) is 7.69. The SMILES string of the molecule is COc1cccc(C(C)NC(=S)Nc2ccc(C)c(C)c2)c1. The Morgan fingerprint density at radius 2 is 1.86 bits per heavy atom. The van der Waals surface area contributed by atoms with Gasteiger partial charge in [-0.15, -0.1) is 0 Å². The molecule has 2 aromatic rings.